The minimum absolute atomic E-state index is 0.0170. The van der Waals surface area contributed by atoms with Gasteiger partial charge in [0, 0.05) is 19.3 Å². The number of carbonyl (C=O) groups excluding carboxylic acids is 2. The molecule has 0 aliphatic heterocycles. The van der Waals surface area contributed by atoms with E-state index in [4.69, 9.17) is 0 Å². The molecule has 0 unspecified atom stereocenters. The number of hydrogen-bond acceptors (Lipinski definition) is 4. The van der Waals surface area contributed by atoms with Crippen LogP contribution in [0.25, 0.3) is 0 Å². The van der Waals surface area contributed by atoms with E-state index in [9.17, 15) is 9.59 Å². The number of anilines is 1. The zero-order valence-electron chi connectivity index (χ0n) is 17.5. The van der Waals surface area contributed by atoms with E-state index in [0.29, 0.717) is 18.8 Å². The predicted molar refractivity (Wildman–Crippen MR) is 121 cm³/mol. The van der Waals surface area contributed by atoms with Gasteiger partial charge in [0.15, 0.2) is 0 Å². The van der Waals surface area contributed by atoms with Crippen molar-refractivity contribution in [2.45, 2.75) is 26.1 Å². The molecule has 2 N–H and O–H groups in total. The number of aromatic nitrogens is 4. The number of nitrogens with zero attached hydrogens (tertiary/aromatic N) is 4. The van der Waals surface area contributed by atoms with Crippen LogP contribution in [0.2, 0.25) is 0 Å². The third-order valence-electron chi connectivity index (χ3n) is 4.95. The molecule has 32 heavy (non-hydrogen) atoms. The van der Waals surface area contributed by atoms with Crippen LogP contribution < -0.4 is 10.6 Å². The van der Waals surface area contributed by atoms with Gasteiger partial charge in [-0.05, 0) is 29.7 Å². The molecular formula is C24H24N6O2. The summed E-state index contributed by atoms with van der Waals surface area (Å²) in [5, 5.41) is 9.72. The minimum atomic E-state index is -0.297. The molecule has 0 bridgehead atoms. The van der Waals surface area contributed by atoms with Crippen LogP contribution in [0.4, 0.5) is 5.95 Å². The van der Waals surface area contributed by atoms with Crippen molar-refractivity contribution in [2.24, 2.45) is 0 Å². The largest absolute Gasteiger partial charge is 0.350 e. The van der Waals surface area contributed by atoms with Crippen LogP contribution in [0, 0.1) is 0 Å². The highest BCUT2D eigenvalue weighted by atomic mass is 16.2. The van der Waals surface area contributed by atoms with Crippen LogP contribution in [0.15, 0.2) is 85.3 Å². The van der Waals surface area contributed by atoms with Crippen molar-refractivity contribution in [1.29, 1.82) is 0 Å². The smallest absolute Gasteiger partial charge is 0.274 e. The highest BCUT2D eigenvalue weighted by molar-refractivity contribution is 6.02. The lowest BCUT2D eigenvalue weighted by molar-refractivity contribution is -0.122. The van der Waals surface area contributed by atoms with E-state index in [1.807, 2.05) is 65.4 Å². The van der Waals surface area contributed by atoms with Crippen molar-refractivity contribution in [2.75, 3.05) is 5.32 Å². The first kappa shape index (κ1) is 21.0. The summed E-state index contributed by atoms with van der Waals surface area (Å²) in [5.41, 5.74) is 2.75. The first-order chi connectivity index (χ1) is 15.7. The molecule has 8 nitrogen and oxygen atoms in total. The monoisotopic (exact) mass is 428 g/mol. The standard InChI is InChI=1S/C24H24N6O2/c31-22(25-16-20-10-5-2-6-11-20)17-30-18-26-24(28-30)27-23(32)21-12-7-14-29(21)15-13-19-8-3-1-4-9-19/h1-12,14,18H,13,15-17H2,(H,25,31)(H,27,28,32). The van der Waals surface area contributed by atoms with E-state index in [1.54, 1.807) is 6.07 Å². The number of benzene rings is 2. The summed E-state index contributed by atoms with van der Waals surface area (Å²) >= 11 is 0. The fourth-order valence-corrected chi connectivity index (χ4v) is 3.30. The van der Waals surface area contributed by atoms with Gasteiger partial charge in [0.05, 0.1) is 0 Å². The normalized spacial score (nSPS) is 10.6. The molecule has 0 spiro atoms. The van der Waals surface area contributed by atoms with E-state index in [2.05, 4.69) is 32.8 Å². The number of aryl methyl sites for hydroxylation is 2. The molecule has 0 aliphatic rings. The minimum Gasteiger partial charge on any atom is -0.350 e. The maximum absolute atomic E-state index is 12.7. The molecule has 2 amide bonds. The van der Waals surface area contributed by atoms with Crippen LogP contribution in [0.3, 0.4) is 0 Å². The van der Waals surface area contributed by atoms with Gasteiger partial charge < -0.3 is 9.88 Å². The van der Waals surface area contributed by atoms with Crippen LogP contribution in [0.1, 0.15) is 21.6 Å². The summed E-state index contributed by atoms with van der Waals surface area (Å²) in [7, 11) is 0. The van der Waals surface area contributed by atoms with E-state index < -0.39 is 0 Å². The molecule has 0 aliphatic carbocycles. The van der Waals surface area contributed by atoms with Gasteiger partial charge in [-0.3, -0.25) is 14.9 Å². The third-order valence-corrected chi connectivity index (χ3v) is 4.95. The number of hydrogen-bond donors (Lipinski definition) is 2. The summed E-state index contributed by atoms with van der Waals surface area (Å²) < 4.78 is 3.29. The first-order valence-corrected chi connectivity index (χ1v) is 10.4. The maximum Gasteiger partial charge on any atom is 0.274 e. The fourth-order valence-electron chi connectivity index (χ4n) is 3.30. The summed E-state index contributed by atoms with van der Waals surface area (Å²) in [6.45, 7) is 1.14. The molecule has 0 saturated heterocycles. The van der Waals surface area contributed by atoms with Crippen molar-refractivity contribution in [3.8, 4) is 0 Å². The quantitative estimate of drug-likeness (QED) is 0.429. The van der Waals surface area contributed by atoms with E-state index >= 15 is 0 Å². The van der Waals surface area contributed by atoms with Gasteiger partial charge in [-0.25, -0.2) is 9.67 Å². The van der Waals surface area contributed by atoms with Gasteiger partial charge in [0.25, 0.3) is 5.91 Å². The Labute approximate surface area is 185 Å². The van der Waals surface area contributed by atoms with Gasteiger partial charge in [-0.1, -0.05) is 60.7 Å². The molecule has 4 rings (SSSR count). The second-order valence-electron chi connectivity index (χ2n) is 7.30. The van der Waals surface area contributed by atoms with Crippen molar-refractivity contribution in [3.63, 3.8) is 0 Å². The lowest BCUT2D eigenvalue weighted by Gasteiger charge is -2.08. The van der Waals surface area contributed by atoms with Gasteiger partial charge in [-0.2, -0.15) is 0 Å². The van der Waals surface area contributed by atoms with Crippen molar-refractivity contribution in [3.05, 3.63) is 102 Å². The molecule has 8 heteroatoms. The van der Waals surface area contributed by atoms with Crippen LogP contribution in [-0.4, -0.2) is 31.1 Å². The average Bonchev–Trinajstić information content (AvgIpc) is 3.47. The second-order valence-corrected chi connectivity index (χ2v) is 7.30. The summed E-state index contributed by atoms with van der Waals surface area (Å²) in [6, 6.07) is 23.4. The average molecular weight is 428 g/mol. The van der Waals surface area contributed by atoms with Crippen molar-refractivity contribution in [1.82, 2.24) is 24.6 Å². The Hall–Kier alpha value is -4.20. The molecule has 2 aromatic carbocycles. The van der Waals surface area contributed by atoms with Gasteiger partial charge in [0.2, 0.25) is 11.9 Å². The molecule has 4 aromatic rings. The van der Waals surface area contributed by atoms with Gasteiger partial charge in [-0.15, -0.1) is 5.10 Å². The Bertz CT molecular complexity index is 1170. The van der Waals surface area contributed by atoms with Crippen LogP contribution in [-0.2, 0) is 30.8 Å². The van der Waals surface area contributed by atoms with Gasteiger partial charge in [0.1, 0.15) is 18.6 Å². The molecule has 2 aromatic heterocycles. The van der Waals surface area contributed by atoms with E-state index in [0.717, 1.165) is 12.0 Å². The molecular weight excluding hydrogens is 404 g/mol. The predicted octanol–water partition coefficient (Wildman–Crippen LogP) is 2.89. The topological polar surface area (TPSA) is 93.8 Å². The zero-order valence-corrected chi connectivity index (χ0v) is 17.5. The Morgan fingerprint density at radius 3 is 2.34 bits per heavy atom. The van der Waals surface area contributed by atoms with E-state index in [-0.39, 0.29) is 24.3 Å². The first-order valence-electron chi connectivity index (χ1n) is 10.4. The van der Waals surface area contributed by atoms with Crippen LogP contribution >= 0.6 is 0 Å². The Morgan fingerprint density at radius 2 is 1.59 bits per heavy atom. The summed E-state index contributed by atoms with van der Waals surface area (Å²) in [4.78, 5) is 28.9. The lowest BCUT2D eigenvalue weighted by Crippen LogP contribution is -2.27. The Kier molecular flexibility index (Phi) is 6.72. The Balaban J connectivity index is 1.29. The molecule has 0 saturated carbocycles. The lowest BCUT2D eigenvalue weighted by atomic mass is 10.1. The zero-order chi connectivity index (χ0) is 22.2. The van der Waals surface area contributed by atoms with E-state index in [1.165, 1.54) is 16.6 Å². The summed E-state index contributed by atoms with van der Waals surface area (Å²) in [6.07, 6.45) is 4.12. The molecule has 0 radical (unpaired) electrons. The highest BCUT2D eigenvalue weighted by Crippen LogP contribution is 2.09. The second kappa shape index (κ2) is 10.2. The van der Waals surface area contributed by atoms with Crippen molar-refractivity contribution >= 4 is 17.8 Å². The molecule has 2 heterocycles. The molecule has 0 fully saturated rings. The third kappa shape index (κ3) is 5.69. The maximum atomic E-state index is 12.7. The van der Waals surface area contributed by atoms with Gasteiger partial charge >= 0.3 is 0 Å². The number of rotatable bonds is 9. The number of amides is 2. The van der Waals surface area contributed by atoms with Crippen molar-refractivity contribution < 1.29 is 9.59 Å². The van der Waals surface area contributed by atoms with Crippen LogP contribution in [0.5, 0.6) is 0 Å². The highest BCUT2D eigenvalue weighted by Gasteiger charge is 2.14. The fraction of sp³-hybridized carbons (Fsp3) is 0.167. The Morgan fingerprint density at radius 1 is 0.875 bits per heavy atom. The molecule has 0 atom stereocenters. The number of nitrogens with one attached hydrogen (secondary N) is 2. The number of carbonyl (C=O) groups is 2. The SMILES string of the molecule is O=C(Cn1cnc(NC(=O)c2cccn2CCc2ccccc2)n1)NCc1ccccc1. The molecule has 162 valence electrons. The summed E-state index contributed by atoms with van der Waals surface area (Å²) in [5.74, 6) is -0.331.